The largest absolute Gasteiger partial charge is 0.416 e. The quantitative estimate of drug-likeness (QED) is 0.691. The topological polar surface area (TPSA) is 45.8 Å². The average molecular weight is 350 g/mol. The van der Waals surface area contributed by atoms with Crippen molar-refractivity contribution in [3.05, 3.63) is 70.3 Å². The Morgan fingerprint density at radius 1 is 1.12 bits per heavy atom. The van der Waals surface area contributed by atoms with Gasteiger partial charge in [-0.05, 0) is 37.3 Å². The minimum absolute atomic E-state index is 0.257. The van der Waals surface area contributed by atoms with Crippen molar-refractivity contribution in [2.24, 2.45) is 0 Å². The van der Waals surface area contributed by atoms with Gasteiger partial charge in [-0.25, -0.2) is 4.98 Å². The predicted molar refractivity (Wildman–Crippen MR) is 88.1 cm³/mol. The van der Waals surface area contributed by atoms with Crippen LogP contribution in [0.15, 0.2) is 58.2 Å². The maximum atomic E-state index is 12.8. The zero-order valence-corrected chi connectivity index (χ0v) is 13.4. The first kappa shape index (κ1) is 16.6. The summed E-state index contributed by atoms with van der Waals surface area (Å²) in [5.74, 6) is 0.432. The molecular weight excluding hydrogens is 337 g/mol. The van der Waals surface area contributed by atoms with Crippen LogP contribution in [0.2, 0.25) is 0 Å². The first-order valence-corrected chi connectivity index (χ1v) is 8.05. The lowest BCUT2D eigenvalue weighted by atomic mass is 10.2. The molecule has 0 aliphatic carbocycles. The molecule has 1 N–H and O–H groups in total. The lowest BCUT2D eigenvalue weighted by molar-refractivity contribution is -0.137. The van der Waals surface area contributed by atoms with E-state index in [2.05, 4.69) is 9.97 Å². The summed E-state index contributed by atoms with van der Waals surface area (Å²) in [5, 5.41) is 0.184. The highest BCUT2D eigenvalue weighted by atomic mass is 32.2. The minimum atomic E-state index is -4.38. The summed E-state index contributed by atoms with van der Waals surface area (Å²) < 4.78 is 38.4. The third-order valence-corrected chi connectivity index (χ3v) is 4.59. The van der Waals surface area contributed by atoms with Crippen molar-refractivity contribution < 1.29 is 13.2 Å². The van der Waals surface area contributed by atoms with Gasteiger partial charge in [-0.3, -0.25) is 4.79 Å². The van der Waals surface area contributed by atoms with E-state index in [-0.39, 0.29) is 10.8 Å². The predicted octanol–water partition coefficient (Wildman–Crippen LogP) is 4.80. The molecule has 1 heterocycles. The number of fused-ring (bicyclic) bond motifs is 1. The van der Waals surface area contributed by atoms with Crippen LogP contribution in [0.4, 0.5) is 13.2 Å². The van der Waals surface area contributed by atoms with E-state index in [4.69, 9.17) is 0 Å². The van der Waals surface area contributed by atoms with Crippen molar-refractivity contribution in [2.75, 3.05) is 0 Å². The monoisotopic (exact) mass is 350 g/mol. The normalized spacial score (nSPS) is 13.2. The van der Waals surface area contributed by atoms with Gasteiger partial charge in [0.1, 0.15) is 5.82 Å². The van der Waals surface area contributed by atoms with Gasteiger partial charge in [-0.2, -0.15) is 13.2 Å². The molecule has 0 amide bonds. The Morgan fingerprint density at radius 3 is 2.62 bits per heavy atom. The van der Waals surface area contributed by atoms with Gasteiger partial charge >= 0.3 is 6.18 Å². The molecule has 7 heteroatoms. The number of thioether (sulfide) groups is 1. The molecule has 3 nitrogen and oxygen atoms in total. The Morgan fingerprint density at radius 2 is 1.88 bits per heavy atom. The van der Waals surface area contributed by atoms with E-state index in [1.165, 1.54) is 17.8 Å². The van der Waals surface area contributed by atoms with E-state index in [1.807, 2.05) is 0 Å². The van der Waals surface area contributed by atoms with Crippen molar-refractivity contribution in [1.29, 1.82) is 0 Å². The smallest absolute Gasteiger partial charge is 0.309 e. The van der Waals surface area contributed by atoms with Gasteiger partial charge in [-0.15, -0.1) is 11.8 Å². The number of para-hydroxylation sites is 1. The van der Waals surface area contributed by atoms with Crippen LogP contribution in [-0.4, -0.2) is 9.97 Å². The van der Waals surface area contributed by atoms with Crippen LogP contribution >= 0.6 is 11.8 Å². The highest BCUT2D eigenvalue weighted by molar-refractivity contribution is 7.99. The molecule has 1 aromatic heterocycles. The van der Waals surface area contributed by atoms with Crippen LogP contribution in [0.1, 0.15) is 23.6 Å². The molecule has 0 unspecified atom stereocenters. The van der Waals surface area contributed by atoms with Crippen molar-refractivity contribution in [2.45, 2.75) is 23.2 Å². The van der Waals surface area contributed by atoms with E-state index in [0.717, 1.165) is 12.1 Å². The molecular formula is C17H13F3N2OS. The second-order valence-electron chi connectivity index (χ2n) is 5.25. The van der Waals surface area contributed by atoms with Crippen LogP contribution in [0, 0.1) is 0 Å². The number of H-pyrrole nitrogens is 1. The van der Waals surface area contributed by atoms with Gasteiger partial charge in [0.25, 0.3) is 5.56 Å². The number of nitrogens with zero attached hydrogens (tertiary/aromatic N) is 1. The van der Waals surface area contributed by atoms with Crippen molar-refractivity contribution in [3.63, 3.8) is 0 Å². The van der Waals surface area contributed by atoms with E-state index in [1.54, 1.807) is 37.3 Å². The molecule has 2 aromatic carbocycles. The molecule has 0 saturated heterocycles. The van der Waals surface area contributed by atoms with Crippen LogP contribution in [0.5, 0.6) is 0 Å². The van der Waals surface area contributed by atoms with E-state index < -0.39 is 11.7 Å². The SMILES string of the molecule is C[C@@H](Sc1cccc(C(F)(F)F)c1)c1nc2ccccc2c(=O)[nH]1. The molecule has 0 saturated carbocycles. The summed E-state index contributed by atoms with van der Waals surface area (Å²) in [7, 11) is 0. The second kappa shape index (κ2) is 6.32. The Kier molecular flexibility index (Phi) is 4.36. The molecule has 0 fully saturated rings. The molecule has 24 heavy (non-hydrogen) atoms. The lowest BCUT2D eigenvalue weighted by Gasteiger charge is -2.13. The van der Waals surface area contributed by atoms with Crippen LogP contribution < -0.4 is 5.56 Å². The summed E-state index contributed by atoms with van der Waals surface area (Å²) in [4.78, 5) is 19.7. The third-order valence-electron chi connectivity index (χ3n) is 3.49. The zero-order chi connectivity index (χ0) is 17.3. The average Bonchev–Trinajstić information content (AvgIpc) is 2.54. The fourth-order valence-corrected chi connectivity index (χ4v) is 3.29. The number of benzene rings is 2. The number of aromatic amines is 1. The molecule has 0 aliphatic heterocycles. The molecule has 0 spiro atoms. The van der Waals surface area contributed by atoms with E-state index >= 15 is 0 Å². The number of hydrogen-bond acceptors (Lipinski definition) is 3. The van der Waals surface area contributed by atoms with Gasteiger partial charge in [0.2, 0.25) is 0 Å². The van der Waals surface area contributed by atoms with Gasteiger partial charge < -0.3 is 4.98 Å². The van der Waals surface area contributed by atoms with Crippen LogP contribution in [0.25, 0.3) is 10.9 Å². The minimum Gasteiger partial charge on any atom is -0.309 e. The van der Waals surface area contributed by atoms with E-state index in [9.17, 15) is 18.0 Å². The zero-order valence-electron chi connectivity index (χ0n) is 12.6. The number of hydrogen-bond donors (Lipinski definition) is 1. The summed E-state index contributed by atoms with van der Waals surface area (Å²) in [5.41, 5.74) is -0.389. The number of nitrogens with one attached hydrogen (secondary N) is 1. The summed E-state index contributed by atoms with van der Waals surface area (Å²) in [6.45, 7) is 1.79. The summed E-state index contributed by atoms with van der Waals surface area (Å²) >= 11 is 1.21. The first-order chi connectivity index (χ1) is 11.3. The number of halogens is 3. The Hall–Kier alpha value is -2.28. The number of rotatable bonds is 3. The van der Waals surface area contributed by atoms with Gasteiger partial charge in [0, 0.05) is 4.90 Å². The summed E-state index contributed by atoms with van der Waals surface area (Å²) in [6.07, 6.45) is -4.38. The van der Waals surface area contributed by atoms with E-state index in [0.29, 0.717) is 21.6 Å². The number of aromatic nitrogens is 2. The lowest BCUT2D eigenvalue weighted by Crippen LogP contribution is -2.12. The highest BCUT2D eigenvalue weighted by Crippen LogP contribution is 2.36. The molecule has 0 radical (unpaired) electrons. The molecule has 3 rings (SSSR count). The third kappa shape index (κ3) is 3.46. The van der Waals surface area contributed by atoms with Crippen LogP contribution in [0.3, 0.4) is 0 Å². The fourth-order valence-electron chi connectivity index (χ4n) is 2.30. The van der Waals surface area contributed by atoms with Crippen molar-refractivity contribution in [1.82, 2.24) is 9.97 Å². The van der Waals surface area contributed by atoms with Gasteiger partial charge in [0.15, 0.2) is 0 Å². The highest BCUT2D eigenvalue weighted by Gasteiger charge is 2.30. The number of alkyl halides is 3. The molecule has 124 valence electrons. The molecule has 3 aromatic rings. The Balaban J connectivity index is 1.90. The second-order valence-corrected chi connectivity index (χ2v) is 6.67. The Bertz CT molecular complexity index is 937. The van der Waals surface area contributed by atoms with Crippen molar-refractivity contribution >= 4 is 22.7 Å². The van der Waals surface area contributed by atoms with Crippen molar-refractivity contribution in [3.8, 4) is 0 Å². The Labute approximate surface area is 139 Å². The molecule has 1 atom stereocenters. The van der Waals surface area contributed by atoms with Gasteiger partial charge in [0.05, 0.1) is 21.7 Å². The molecule has 0 aliphatic rings. The first-order valence-electron chi connectivity index (χ1n) is 7.17. The maximum absolute atomic E-state index is 12.8. The standard InChI is InChI=1S/C17H13F3N2OS/c1-10(24-12-6-4-5-11(9-12)17(18,19)20)15-21-14-8-3-2-7-13(14)16(23)22-15/h2-10H,1H3,(H,21,22,23)/t10-/m1/s1. The van der Waals surface area contributed by atoms with Crippen LogP contribution in [-0.2, 0) is 6.18 Å². The fraction of sp³-hybridized carbons (Fsp3) is 0.176. The summed E-state index contributed by atoms with van der Waals surface area (Å²) in [6, 6.07) is 12.0. The molecule has 0 bridgehead atoms. The van der Waals surface area contributed by atoms with Gasteiger partial charge in [-0.1, -0.05) is 18.2 Å². The maximum Gasteiger partial charge on any atom is 0.416 e.